The summed E-state index contributed by atoms with van der Waals surface area (Å²) in [6.45, 7) is 9.94. The van der Waals surface area contributed by atoms with Gasteiger partial charge in [-0.15, -0.1) is 10.2 Å². The molecule has 4 aliphatic rings. The minimum Gasteiger partial charge on any atom is -0.337 e. The molecule has 202 valence electrons. The Kier molecular flexibility index (Phi) is 7.35. The molecule has 2 N–H and O–H groups in total. The highest BCUT2D eigenvalue weighted by Crippen LogP contribution is 2.55. The molecule has 3 aliphatic carbocycles. The van der Waals surface area contributed by atoms with E-state index in [9.17, 15) is 13.2 Å². The Morgan fingerprint density at radius 2 is 1.76 bits per heavy atom. The molecule has 2 heterocycles. The standard InChI is InChI=1S/C28H41N5O3S/c1-4-23(37(35,36)24-8-6-5-7-9-24)13-10-19(2)20(3)16-29-27(34)33-17-28(18-33)14-22(15-28)26-30-25(31-32-26)21-11-12-21/h4,10,13,20-22,24H,2,5-9,11-12,14-18H2,1,3H3,(H,29,34)(H,30,31,32)/b13-10-,23-4+. The van der Waals surface area contributed by atoms with Crippen LogP contribution in [0.4, 0.5) is 4.79 Å². The van der Waals surface area contributed by atoms with Crippen LogP contribution >= 0.6 is 0 Å². The zero-order valence-electron chi connectivity index (χ0n) is 22.2. The van der Waals surface area contributed by atoms with E-state index in [1.54, 1.807) is 25.2 Å². The van der Waals surface area contributed by atoms with Crippen LogP contribution in [0, 0.1) is 11.3 Å². The molecule has 1 atom stereocenters. The van der Waals surface area contributed by atoms with Crippen molar-refractivity contribution in [3.05, 3.63) is 46.9 Å². The lowest BCUT2D eigenvalue weighted by molar-refractivity contribution is -0.0491. The maximum Gasteiger partial charge on any atom is 0.317 e. The molecular weight excluding hydrogens is 486 g/mol. The van der Waals surface area contributed by atoms with Gasteiger partial charge in [0.15, 0.2) is 9.84 Å². The van der Waals surface area contributed by atoms with Crippen molar-refractivity contribution in [1.82, 2.24) is 25.4 Å². The van der Waals surface area contributed by atoms with Crippen molar-refractivity contribution in [2.24, 2.45) is 11.3 Å². The van der Waals surface area contributed by atoms with E-state index in [0.717, 1.165) is 75.3 Å². The molecule has 9 heteroatoms. The molecule has 1 aromatic rings. The van der Waals surface area contributed by atoms with Crippen LogP contribution < -0.4 is 5.32 Å². The summed E-state index contributed by atoms with van der Waals surface area (Å²) >= 11 is 0. The molecule has 1 spiro atoms. The lowest BCUT2D eigenvalue weighted by atomic mass is 9.57. The number of amides is 2. The third kappa shape index (κ3) is 5.56. The SMILES string of the molecule is C=C(/C=C\C(=C/C)S(=O)(=O)C1CCCCC1)C(C)CNC(=O)N1CC2(CC(c3nnc(C4CC4)[nH]3)C2)C1. The summed E-state index contributed by atoms with van der Waals surface area (Å²) in [7, 11) is -3.31. The normalized spacial score (nSPS) is 23.6. The fourth-order valence-corrected chi connectivity index (χ4v) is 8.04. The summed E-state index contributed by atoms with van der Waals surface area (Å²) in [6.07, 6.45) is 14.3. The van der Waals surface area contributed by atoms with Gasteiger partial charge in [-0.1, -0.05) is 50.5 Å². The molecule has 8 nitrogen and oxygen atoms in total. The average Bonchev–Trinajstić information content (AvgIpc) is 3.58. The van der Waals surface area contributed by atoms with Gasteiger partial charge in [-0.3, -0.25) is 0 Å². The van der Waals surface area contributed by atoms with Gasteiger partial charge in [0.25, 0.3) is 0 Å². The van der Waals surface area contributed by atoms with Gasteiger partial charge in [0.05, 0.1) is 10.2 Å². The van der Waals surface area contributed by atoms with Gasteiger partial charge >= 0.3 is 6.03 Å². The van der Waals surface area contributed by atoms with Gasteiger partial charge < -0.3 is 15.2 Å². The molecule has 1 saturated heterocycles. The Hall–Kier alpha value is -2.42. The molecule has 0 radical (unpaired) electrons. The first kappa shape index (κ1) is 26.2. The quantitative estimate of drug-likeness (QED) is 0.441. The Bertz CT molecular complexity index is 1180. The third-order valence-electron chi connectivity index (χ3n) is 8.83. The van der Waals surface area contributed by atoms with Crippen LogP contribution in [-0.2, 0) is 9.84 Å². The van der Waals surface area contributed by atoms with E-state index < -0.39 is 9.84 Å². The Balaban J connectivity index is 1.04. The Labute approximate surface area is 221 Å². The molecule has 1 unspecified atom stereocenters. The zero-order chi connectivity index (χ0) is 26.2. The molecule has 37 heavy (non-hydrogen) atoms. The van der Waals surface area contributed by atoms with E-state index in [2.05, 4.69) is 27.1 Å². The number of rotatable bonds is 9. The number of likely N-dealkylation sites (tertiary alicyclic amines) is 1. The first-order valence-electron chi connectivity index (χ1n) is 13.9. The van der Waals surface area contributed by atoms with E-state index in [1.165, 1.54) is 12.8 Å². The summed E-state index contributed by atoms with van der Waals surface area (Å²) < 4.78 is 26.0. The number of H-pyrrole nitrogens is 1. The van der Waals surface area contributed by atoms with Gasteiger partial charge in [-0.2, -0.15) is 0 Å². The van der Waals surface area contributed by atoms with Crippen LogP contribution in [0.2, 0.25) is 0 Å². The van der Waals surface area contributed by atoms with Crippen molar-refractivity contribution in [1.29, 1.82) is 0 Å². The first-order chi connectivity index (χ1) is 17.7. The molecule has 1 aliphatic heterocycles. The van der Waals surface area contributed by atoms with Crippen LogP contribution in [0.25, 0.3) is 0 Å². The highest BCUT2D eigenvalue weighted by atomic mass is 32.2. The van der Waals surface area contributed by atoms with Gasteiger partial charge in [0.1, 0.15) is 11.6 Å². The molecular formula is C28H41N5O3S. The number of urea groups is 1. The predicted octanol–water partition coefficient (Wildman–Crippen LogP) is 4.97. The number of nitrogens with one attached hydrogen (secondary N) is 2. The number of carbonyl (C=O) groups is 1. The van der Waals surface area contributed by atoms with Crippen molar-refractivity contribution >= 4 is 15.9 Å². The molecule has 3 saturated carbocycles. The highest BCUT2D eigenvalue weighted by Gasteiger charge is 2.54. The summed E-state index contributed by atoms with van der Waals surface area (Å²) in [6, 6.07) is -0.0394. The monoisotopic (exact) mass is 527 g/mol. The van der Waals surface area contributed by atoms with Crippen molar-refractivity contribution < 1.29 is 13.2 Å². The molecule has 4 fully saturated rings. The van der Waals surface area contributed by atoms with E-state index >= 15 is 0 Å². The number of hydrogen-bond acceptors (Lipinski definition) is 5. The van der Waals surface area contributed by atoms with Crippen LogP contribution in [-0.4, -0.2) is 59.4 Å². The number of aromatic nitrogens is 3. The van der Waals surface area contributed by atoms with Crippen molar-refractivity contribution in [3.8, 4) is 0 Å². The third-order valence-corrected chi connectivity index (χ3v) is 11.2. The number of carbonyl (C=O) groups excluding carboxylic acids is 1. The van der Waals surface area contributed by atoms with Crippen LogP contribution in [0.1, 0.15) is 95.1 Å². The second-order valence-electron chi connectivity index (χ2n) is 11.8. The van der Waals surface area contributed by atoms with E-state index in [4.69, 9.17) is 0 Å². The van der Waals surface area contributed by atoms with Crippen molar-refractivity contribution in [2.45, 2.75) is 88.7 Å². The number of aromatic amines is 1. The van der Waals surface area contributed by atoms with Gasteiger partial charge in [-0.25, -0.2) is 13.2 Å². The maximum atomic E-state index is 13.0. The largest absolute Gasteiger partial charge is 0.337 e. The van der Waals surface area contributed by atoms with E-state index in [-0.39, 0.29) is 22.6 Å². The van der Waals surface area contributed by atoms with Crippen LogP contribution in [0.3, 0.4) is 0 Å². The topological polar surface area (TPSA) is 108 Å². The summed E-state index contributed by atoms with van der Waals surface area (Å²) in [5.74, 6) is 3.09. The fraction of sp³-hybridized carbons (Fsp3) is 0.679. The number of sulfone groups is 1. The maximum absolute atomic E-state index is 13.0. The van der Waals surface area contributed by atoms with Gasteiger partial charge in [-0.05, 0) is 57.4 Å². The summed E-state index contributed by atoms with van der Waals surface area (Å²) in [5.41, 5.74) is 1.04. The molecule has 0 bridgehead atoms. The lowest BCUT2D eigenvalue weighted by Gasteiger charge is -2.58. The number of allylic oxidation sites excluding steroid dienone is 3. The molecule has 1 aromatic heterocycles. The van der Waals surface area contributed by atoms with Gasteiger partial charge in [0, 0.05) is 36.9 Å². The zero-order valence-corrected chi connectivity index (χ0v) is 23.0. The minimum atomic E-state index is -3.31. The minimum absolute atomic E-state index is 0.00567. The average molecular weight is 528 g/mol. The second kappa shape index (κ2) is 10.4. The Morgan fingerprint density at radius 1 is 1.11 bits per heavy atom. The smallest absolute Gasteiger partial charge is 0.317 e. The van der Waals surface area contributed by atoms with Crippen LogP contribution in [0.15, 0.2) is 35.3 Å². The van der Waals surface area contributed by atoms with Crippen molar-refractivity contribution in [3.63, 3.8) is 0 Å². The van der Waals surface area contributed by atoms with E-state index in [0.29, 0.717) is 23.3 Å². The molecule has 5 rings (SSSR count). The van der Waals surface area contributed by atoms with Gasteiger partial charge in [0.2, 0.25) is 0 Å². The molecule has 2 amide bonds. The highest BCUT2D eigenvalue weighted by molar-refractivity contribution is 7.96. The number of nitrogens with zero attached hydrogens (tertiary/aromatic N) is 3. The molecule has 0 aromatic carbocycles. The van der Waals surface area contributed by atoms with E-state index in [1.807, 2.05) is 11.8 Å². The Morgan fingerprint density at radius 3 is 2.38 bits per heavy atom. The summed E-state index contributed by atoms with van der Waals surface area (Å²) in [4.78, 5) is 18.4. The van der Waals surface area contributed by atoms with Crippen LogP contribution in [0.5, 0.6) is 0 Å². The second-order valence-corrected chi connectivity index (χ2v) is 14.1. The number of hydrogen-bond donors (Lipinski definition) is 2. The predicted molar refractivity (Wildman–Crippen MR) is 145 cm³/mol. The fourth-order valence-electron chi connectivity index (χ4n) is 6.12. The van der Waals surface area contributed by atoms with Crippen molar-refractivity contribution in [2.75, 3.05) is 19.6 Å². The first-order valence-corrected chi connectivity index (χ1v) is 15.5. The lowest BCUT2D eigenvalue weighted by Crippen LogP contribution is -2.65. The summed E-state index contributed by atoms with van der Waals surface area (Å²) in [5, 5.41) is 11.4.